The topological polar surface area (TPSA) is 55.5 Å². The molecule has 3 aliphatic heterocycles. The van der Waals surface area contributed by atoms with Gasteiger partial charge in [0.1, 0.15) is 19.2 Å². The average molecular weight is 557 g/mol. The van der Waals surface area contributed by atoms with Crippen molar-refractivity contribution in [2.45, 2.75) is 69.8 Å². The maximum Gasteiger partial charge on any atom is 0.231 e. The summed E-state index contributed by atoms with van der Waals surface area (Å²) in [6.07, 6.45) is 9.85. The Bertz CT molecular complexity index is 1230. The van der Waals surface area contributed by atoms with Gasteiger partial charge in [-0.2, -0.15) is 0 Å². The monoisotopic (exact) mass is 555 g/mol. The van der Waals surface area contributed by atoms with Crippen LogP contribution in [-0.4, -0.2) is 40.3 Å². The second kappa shape index (κ2) is 10.9. The Morgan fingerprint density at radius 1 is 0.974 bits per heavy atom. The van der Waals surface area contributed by atoms with Crippen molar-refractivity contribution in [2.24, 2.45) is 11.8 Å². The highest BCUT2D eigenvalue weighted by Gasteiger charge is 2.48. The average Bonchev–Trinajstić information content (AvgIpc) is 3.43. The minimum atomic E-state index is -1.19. The molecule has 4 fully saturated rings. The molecule has 38 heavy (non-hydrogen) atoms. The minimum Gasteiger partial charge on any atom is -0.436 e. The summed E-state index contributed by atoms with van der Waals surface area (Å²) in [5, 5.41) is 13.3. The lowest BCUT2D eigenvalue weighted by Gasteiger charge is -2.52. The Balaban J connectivity index is 1.18. The van der Waals surface area contributed by atoms with Crippen molar-refractivity contribution in [3.05, 3.63) is 87.6 Å². The third-order valence-corrected chi connectivity index (χ3v) is 10.0. The molecular weight excluding hydrogens is 519 g/mol. The maximum absolute atomic E-state index is 12.2. The van der Waals surface area contributed by atoms with E-state index in [4.69, 9.17) is 37.3 Å². The number of hydrogen-bond donors (Lipinski definition) is 1. The van der Waals surface area contributed by atoms with Crippen molar-refractivity contribution in [3.8, 4) is 0 Å². The predicted octanol–water partition coefficient (Wildman–Crippen LogP) is 7.12. The fourth-order valence-electron chi connectivity index (χ4n) is 7.10. The van der Waals surface area contributed by atoms with Crippen molar-refractivity contribution in [2.75, 3.05) is 19.6 Å². The zero-order valence-electron chi connectivity index (χ0n) is 21.8. The van der Waals surface area contributed by atoms with Crippen LogP contribution in [0, 0.1) is 11.8 Å². The van der Waals surface area contributed by atoms with Crippen LogP contribution in [0.1, 0.15) is 67.7 Å². The van der Waals surface area contributed by atoms with Gasteiger partial charge < -0.3 is 18.7 Å². The minimum absolute atomic E-state index is 0.113. The van der Waals surface area contributed by atoms with Crippen LogP contribution in [0.4, 0.5) is 0 Å². The van der Waals surface area contributed by atoms with Crippen molar-refractivity contribution in [1.29, 1.82) is 0 Å². The number of oxazole rings is 1. The normalized spacial score (nSPS) is 27.3. The molecule has 2 bridgehead atoms. The number of aromatic nitrogens is 1. The summed E-state index contributed by atoms with van der Waals surface area (Å²) in [6.45, 7) is 4.53. The van der Waals surface area contributed by atoms with Gasteiger partial charge in [0.05, 0.1) is 35.9 Å². The number of benzene rings is 2. The van der Waals surface area contributed by atoms with Crippen LogP contribution >= 0.6 is 23.2 Å². The zero-order valence-corrected chi connectivity index (χ0v) is 23.3. The van der Waals surface area contributed by atoms with Crippen LogP contribution < -0.4 is 0 Å². The van der Waals surface area contributed by atoms with E-state index in [2.05, 4.69) is 0 Å². The molecule has 0 radical (unpaired) electrons. The molecule has 3 saturated heterocycles. The highest BCUT2D eigenvalue weighted by atomic mass is 35.5. The molecular formula is C31H37Cl2N2O3+. The van der Waals surface area contributed by atoms with Crippen molar-refractivity contribution < 1.29 is 18.7 Å². The van der Waals surface area contributed by atoms with Gasteiger partial charge >= 0.3 is 0 Å². The molecule has 0 spiro atoms. The number of hydrogen-bond acceptors (Lipinski definition) is 4. The molecule has 5 nitrogen and oxygen atoms in total. The lowest BCUT2D eigenvalue weighted by molar-refractivity contribution is -0.959. The van der Waals surface area contributed by atoms with Gasteiger partial charge in [0, 0.05) is 24.7 Å². The molecule has 202 valence electrons. The van der Waals surface area contributed by atoms with E-state index < -0.39 is 5.60 Å². The molecule has 4 aliphatic rings. The number of aliphatic hydroxyl groups is 1. The van der Waals surface area contributed by atoms with Gasteiger partial charge in [0.2, 0.25) is 5.89 Å². The van der Waals surface area contributed by atoms with E-state index in [0.717, 1.165) is 86.1 Å². The smallest absolute Gasteiger partial charge is 0.231 e. The summed E-state index contributed by atoms with van der Waals surface area (Å²) < 4.78 is 13.8. The Hall–Kier alpha value is -1.89. The van der Waals surface area contributed by atoms with Crippen LogP contribution in [0.15, 0.2) is 59.1 Å². The first kappa shape index (κ1) is 26.3. The molecule has 1 aliphatic carbocycles. The van der Waals surface area contributed by atoms with E-state index in [1.54, 1.807) is 0 Å². The van der Waals surface area contributed by atoms with Gasteiger partial charge in [-0.15, -0.1) is 0 Å². The molecule has 7 rings (SSSR count). The quantitative estimate of drug-likeness (QED) is 0.300. The third-order valence-electron chi connectivity index (χ3n) is 9.27. The van der Waals surface area contributed by atoms with E-state index in [0.29, 0.717) is 28.5 Å². The molecule has 1 N–H and O–H groups in total. The van der Waals surface area contributed by atoms with Crippen molar-refractivity contribution in [3.63, 3.8) is 0 Å². The molecule has 3 aromatic rings. The number of piperidine rings is 3. The van der Waals surface area contributed by atoms with Crippen molar-refractivity contribution in [1.82, 2.24) is 4.98 Å². The van der Waals surface area contributed by atoms with Crippen LogP contribution in [0.25, 0.3) is 0 Å². The van der Waals surface area contributed by atoms with Gasteiger partial charge in [-0.25, -0.2) is 4.98 Å². The van der Waals surface area contributed by atoms with Crippen LogP contribution in [0.3, 0.4) is 0 Å². The summed E-state index contributed by atoms with van der Waals surface area (Å²) in [7, 11) is 0. The standard InChI is InChI=1S/C31H37Cl2N2O3/c32-27-12-11-22(17-28(27)33)21-37-29-20-35(15-13-23(29)14-16-35)19-26-18-34-30(38-26)31(36,24-7-3-1-4-8-24)25-9-5-2-6-10-25/h1,3-4,7-8,11-12,17-18,23,25,29,36H,2,5-6,9-10,13-16,19-21H2/q+1/t23?,29-,31-,35?/m0/s1. The zero-order chi connectivity index (χ0) is 26.2. The Morgan fingerprint density at radius 2 is 1.74 bits per heavy atom. The molecule has 1 saturated carbocycles. The second-order valence-corrected chi connectivity index (χ2v) is 12.5. The van der Waals surface area contributed by atoms with E-state index >= 15 is 0 Å². The van der Waals surface area contributed by atoms with Crippen LogP contribution in [-0.2, 0) is 23.5 Å². The second-order valence-electron chi connectivity index (χ2n) is 11.7. The number of fused-ring (bicyclic) bond motifs is 3. The fraction of sp³-hybridized carbons (Fsp3) is 0.516. The van der Waals surface area contributed by atoms with Crippen LogP contribution in [0.2, 0.25) is 10.0 Å². The lowest BCUT2D eigenvalue weighted by Crippen LogP contribution is -2.63. The Kier molecular flexibility index (Phi) is 7.58. The first-order chi connectivity index (χ1) is 18.5. The van der Waals surface area contributed by atoms with Crippen LogP contribution in [0.5, 0.6) is 0 Å². The summed E-state index contributed by atoms with van der Waals surface area (Å²) in [4.78, 5) is 4.71. The Labute approximate surface area is 235 Å². The van der Waals surface area contributed by atoms with E-state index in [9.17, 15) is 5.11 Å². The first-order valence-corrected chi connectivity index (χ1v) is 14.8. The number of halogens is 2. The third kappa shape index (κ3) is 5.16. The number of nitrogens with zero attached hydrogens (tertiary/aromatic N) is 2. The van der Waals surface area contributed by atoms with E-state index in [1.165, 1.54) is 6.42 Å². The Morgan fingerprint density at radius 3 is 2.47 bits per heavy atom. The summed E-state index contributed by atoms with van der Waals surface area (Å²) in [5.74, 6) is 2.01. The van der Waals surface area contributed by atoms with E-state index in [1.807, 2.05) is 54.7 Å². The first-order valence-electron chi connectivity index (χ1n) is 14.1. The van der Waals surface area contributed by atoms with Gasteiger partial charge in [-0.1, -0.05) is 78.9 Å². The molecule has 0 amide bonds. The number of rotatable bonds is 8. The number of quaternary nitrogens is 1. The van der Waals surface area contributed by atoms with Gasteiger partial charge in [0.15, 0.2) is 11.4 Å². The molecule has 2 aromatic carbocycles. The SMILES string of the molecule is O[C@](c1ccccc1)(c1ncc(C[N+]23CCC(CC2)[C@@H](OCc2ccc(Cl)c(Cl)c2)C3)o1)C1CCCCC1. The largest absolute Gasteiger partial charge is 0.436 e. The fourth-order valence-corrected chi connectivity index (χ4v) is 7.42. The van der Waals surface area contributed by atoms with Gasteiger partial charge in [-0.3, -0.25) is 0 Å². The molecule has 2 atom stereocenters. The van der Waals surface area contributed by atoms with E-state index in [-0.39, 0.29) is 12.0 Å². The molecule has 0 unspecified atom stereocenters. The lowest BCUT2D eigenvalue weighted by atomic mass is 9.73. The summed E-state index contributed by atoms with van der Waals surface area (Å²) in [6, 6.07) is 15.7. The number of ether oxygens (including phenoxy) is 1. The highest BCUT2D eigenvalue weighted by Crippen LogP contribution is 2.44. The van der Waals surface area contributed by atoms with Crippen molar-refractivity contribution >= 4 is 23.2 Å². The van der Waals surface area contributed by atoms with Gasteiger partial charge in [0.25, 0.3) is 0 Å². The molecule has 1 aromatic heterocycles. The molecule has 7 heteroatoms. The predicted molar refractivity (Wildman–Crippen MR) is 149 cm³/mol. The highest BCUT2D eigenvalue weighted by molar-refractivity contribution is 6.42. The van der Waals surface area contributed by atoms with Gasteiger partial charge in [-0.05, 0) is 36.1 Å². The summed E-state index contributed by atoms with van der Waals surface area (Å²) >= 11 is 12.3. The maximum atomic E-state index is 12.2. The summed E-state index contributed by atoms with van der Waals surface area (Å²) in [5.41, 5.74) is 0.729. The molecule has 4 heterocycles.